The standard InChI is InChI=1S/C16H19BrN4/c17-13-6-5-7-14(10-13)20-15-11-16(19-12-18-15)21-8-3-1-2-4-9-21/h5-7,10-12H,1-4,8-9H2,(H,18,19,20). The molecule has 0 bridgehead atoms. The van der Waals surface area contributed by atoms with Gasteiger partial charge in [0.1, 0.15) is 18.0 Å². The molecule has 0 amide bonds. The molecule has 0 atom stereocenters. The largest absolute Gasteiger partial charge is 0.356 e. The van der Waals surface area contributed by atoms with Crippen LogP contribution < -0.4 is 10.2 Å². The van der Waals surface area contributed by atoms with Crippen LogP contribution in [0.5, 0.6) is 0 Å². The summed E-state index contributed by atoms with van der Waals surface area (Å²) in [6, 6.07) is 10.1. The molecule has 2 aromatic rings. The van der Waals surface area contributed by atoms with Crippen molar-refractivity contribution in [3.05, 3.63) is 41.1 Å². The van der Waals surface area contributed by atoms with Gasteiger partial charge in [-0.05, 0) is 31.0 Å². The van der Waals surface area contributed by atoms with Gasteiger partial charge in [0.25, 0.3) is 0 Å². The van der Waals surface area contributed by atoms with Crippen LogP contribution in [0.3, 0.4) is 0 Å². The van der Waals surface area contributed by atoms with E-state index in [1.54, 1.807) is 6.33 Å². The Labute approximate surface area is 133 Å². The fraction of sp³-hybridized carbons (Fsp3) is 0.375. The van der Waals surface area contributed by atoms with Gasteiger partial charge in [-0.15, -0.1) is 0 Å². The molecular weight excluding hydrogens is 328 g/mol. The second kappa shape index (κ2) is 6.89. The van der Waals surface area contributed by atoms with Crippen LogP contribution in [0.1, 0.15) is 25.7 Å². The van der Waals surface area contributed by atoms with E-state index in [0.717, 1.165) is 34.9 Å². The van der Waals surface area contributed by atoms with Gasteiger partial charge in [0, 0.05) is 29.3 Å². The van der Waals surface area contributed by atoms with Gasteiger partial charge in [-0.25, -0.2) is 9.97 Å². The SMILES string of the molecule is Brc1cccc(Nc2cc(N3CCCCCC3)ncn2)c1. The average Bonchev–Trinajstić information content (AvgIpc) is 2.77. The second-order valence-electron chi connectivity index (χ2n) is 5.30. The number of rotatable bonds is 3. The molecule has 3 rings (SSSR count). The highest BCUT2D eigenvalue weighted by atomic mass is 79.9. The third-order valence-electron chi connectivity index (χ3n) is 3.68. The van der Waals surface area contributed by atoms with Gasteiger partial charge >= 0.3 is 0 Å². The number of nitrogens with one attached hydrogen (secondary N) is 1. The molecule has 0 radical (unpaired) electrons. The van der Waals surface area contributed by atoms with Crippen molar-refractivity contribution in [3.63, 3.8) is 0 Å². The van der Waals surface area contributed by atoms with Crippen LogP contribution in [0.2, 0.25) is 0 Å². The molecule has 4 nitrogen and oxygen atoms in total. The quantitative estimate of drug-likeness (QED) is 0.896. The van der Waals surface area contributed by atoms with Gasteiger partial charge in [0.2, 0.25) is 0 Å². The summed E-state index contributed by atoms with van der Waals surface area (Å²) in [5.74, 6) is 1.85. The molecule has 5 heteroatoms. The number of aromatic nitrogens is 2. The molecule has 21 heavy (non-hydrogen) atoms. The maximum absolute atomic E-state index is 4.43. The van der Waals surface area contributed by atoms with Crippen molar-refractivity contribution in [3.8, 4) is 0 Å². The molecule has 1 fully saturated rings. The molecule has 1 aliphatic heterocycles. The van der Waals surface area contributed by atoms with E-state index >= 15 is 0 Å². The van der Waals surface area contributed by atoms with E-state index in [0.29, 0.717) is 0 Å². The molecule has 0 unspecified atom stereocenters. The van der Waals surface area contributed by atoms with Gasteiger partial charge in [-0.1, -0.05) is 34.8 Å². The first-order valence-corrected chi connectivity index (χ1v) is 8.20. The summed E-state index contributed by atoms with van der Waals surface area (Å²) >= 11 is 3.48. The zero-order valence-corrected chi connectivity index (χ0v) is 13.5. The molecule has 1 N–H and O–H groups in total. The number of anilines is 3. The Hall–Kier alpha value is -1.62. The van der Waals surface area contributed by atoms with Gasteiger partial charge in [-0.2, -0.15) is 0 Å². The Morgan fingerprint density at radius 2 is 1.81 bits per heavy atom. The minimum absolute atomic E-state index is 0.836. The maximum Gasteiger partial charge on any atom is 0.135 e. The van der Waals surface area contributed by atoms with Crippen molar-refractivity contribution in [2.75, 3.05) is 23.3 Å². The molecule has 0 saturated carbocycles. The van der Waals surface area contributed by atoms with E-state index in [4.69, 9.17) is 0 Å². The summed E-state index contributed by atoms with van der Waals surface area (Å²) in [4.78, 5) is 11.1. The van der Waals surface area contributed by atoms with Gasteiger partial charge < -0.3 is 10.2 Å². The van der Waals surface area contributed by atoms with Crippen molar-refractivity contribution in [1.82, 2.24) is 9.97 Å². The van der Waals surface area contributed by atoms with Crippen molar-refractivity contribution >= 4 is 33.3 Å². The molecule has 1 aromatic heterocycles. The Morgan fingerprint density at radius 3 is 2.57 bits per heavy atom. The van der Waals surface area contributed by atoms with E-state index in [2.05, 4.69) is 36.1 Å². The third-order valence-corrected chi connectivity index (χ3v) is 4.17. The first kappa shape index (κ1) is 14.3. The lowest BCUT2D eigenvalue weighted by Gasteiger charge is -2.21. The van der Waals surface area contributed by atoms with Crippen molar-refractivity contribution in [2.45, 2.75) is 25.7 Å². The average molecular weight is 347 g/mol. The summed E-state index contributed by atoms with van der Waals surface area (Å²) < 4.78 is 1.05. The van der Waals surface area contributed by atoms with E-state index in [1.807, 2.05) is 30.3 Å². The van der Waals surface area contributed by atoms with Gasteiger partial charge in [0.15, 0.2) is 0 Å². The fourth-order valence-corrected chi connectivity index (χ4v) is 3.00. The lowest BCUT2D eigenvalue weighted by molar-refractivity contribution is 0.726. The molecule has 2 heterocycles. The van der Waals surface area contributed by atoms with Gasteiger partial charge in [0.05, 0.1) is 0 Å². The molecule has 1 aliphatic rings. The Kier molecular flexibility index (Phi) is 4.70. The monoisotopic (exact) mass is 346 g/mol. The van der Waals surface area contributed by atoms with E-state index < -0.39 is 0 Å². The van der Waals surface area contributed by atoms with Crippen LogP contribution in [-0.2, 0) is 0 Å². The highest BCUT2D eigenvalue weighted by Gasteiger charge is 2.11. The minimum atomic E-state index is 0.836. The highest BCUT2D eigenvalue weighted by Crippen LogP contribution is 2.22. The fourth-order valence-electron chi connectivity index (χ4n) is 2.60. The minimum Gasteiger partial charge on any atom is -0.356 e. The Morgan fingerprint density at radius 1 is 1.00 bits per heavy atom. The summed E-state index contributed by atoms with van der Waals surface area (Å²) in [5.41, 5.74) is 1.02. The Balaban J connectivity index is 1.76. The van der Waals surface area contributed by atoms with Crippen LogP contribution in [0.25, 0.3) is 0 Å². The third kappa shape index (κ3) is 3.94. The normalized spacial score (nSPS) is 15.6. The smallest absolute Gasteiger partial charge is 0.135 e. The molecule has 1 aromatic carbocycles. The highest BCUT2D eigenvalue weighted by molar-refractivity contribution is 9.10. The summed E-state index contributed by atoms with van der Waals surface area (Å²) in [6.07, 6.45) is 6.78. The number of hydrogen-bond acceptors (Lipinski definition) is 4. The van der Waals surface area contributed by atoms with Crippen molar-refractivity contribution in [2.24, 2.45) is 0 Å². The van der Waals surface area contributed by atoms with Gasteiger partial charge in [-0.3, -0.25) is 0 Å². The van der Waals surface area contributed by atoms with E-state index in [1.165, 1.54) is 25.7 Å². The molecular formula is C16H19BrN4. The lowest BCUT2D eigenvalue weighted by Crippen LogP contribution is -2.24. The van der Waals surface area contributed by atoms with Crippen LogP contribution in [0.4, 0.5) is 17.3 Å². The number of halogens is 1. The zero-order valence-electron chi connectivity index (χ0n) is 11.9. The lowest BCUT2D eigenvalue weighted by atomic mass is 10.2. The van der Waals surface area contributed by atoms with Crippen molar-refractivity contribution in [1.29, 1.82) is 0 Å². The molecule has 0 spiro atoms. The number of benzene rings is 1. The van der Waals surface area contributed by atoms with Crippen LogP contribution >= 0.6 is 15.9 Å². The number of nitrogens with zero attached hydrogens (tertiary/aromatic N) is 3. The van der Waals surface area contributed by atoms with Crippen LogP contribution in [-0.4, -0.2) is 23.1 Å². The Bertz CT molecular complexity index is 594. The zero-order chi connectivity index (χ0) is 14.5. The topological polar surface area (TPSA) is 41.0 Å². The van der Waals surface area contributed by atoms with E-state index in [-0.39, 0.29) is 0 Å². The summed E-state index contributed by atoms with van der Waals surface area (Å²) in [7, 11) is 0. The van der Waals surface area contributed by atoms with Crippen LogP contribution in [0, 0.1) is 0 Å². The first-order valence-electron chi connectivity index (χ1n) is 7.41. The first-order chi connectivity index (χ1) is 10.3. The van der Waals surface area contributed by atoms with Crippen molar-refractivity contribution < 1.29 is 0 Å². The predicted octanol–water partition coefficient (Wildman–Crippen LogP) is 4.36. The molecule has 0 aliphatic carbocycles. The number of hydrogen-bond donors (Lipinski definition) is 1. The predicted molar refractivity (Wildman–Crippen MR) is 90.1 cm³/mol. The summed E-state index contributed by atoms with van der Waals surface area (Å²) in [5, 5.41) is 3.33. The molecule has 1 saturated heterocycles. The second-order valence-corrected chi connectivity index (χ2v) is 6.21. The van der Waals surface area contributed by atoms with Crippen LogP contribution in [0.15, 0.2) is 41.1 Å². The molecule has 110 valence electrons. The summed E-state index contributed by atoms with van der Waals surface area (Å²) in [6.45, 7) is 2.18. The van der Waals surface area contributed by atoms with E-state index in [9.17, 15) is 0 Å². The maximum atomic E-state index is 4.43.